The molecule has 2 rings (SSSR count). The van der Waals surface area contributed by atoms with Crippen molar-refractivity contribution in [2.24, 2.45) is 5.73 Å². The van der Waals surface area contributed by atoms with Gasteiger partial charge in [0, 0.05) is 37.3 Å². The van der Waals surface area contributed by atoms with Crippen molar-refractivity contribution in [1.29, 1.82) is 0 Å². The quantitative estimate of drug-likeness (QED) is 0.881. The van der Waals surface area contributed by atoms with Gasteiger partial charge in [0.25, 0.3) is 0 Å². The molecule has 2 unspecified atom stereocenters. The van der Waals surface area contributed by atoms with E-state index in [4.69, 9.17) is 15.2 Å². The van der Waals surface area contributed by atoms with Crippen LogP contribution in [0.2, 0.25) is 0 Å². The van der Waals surface area contributed by atoms with Gasteiger partial charge in [-0.25, -0.2) is 4.79 Å². The number of hydrogen-bond acceptors (Lipinski definition) is 5. The van der Waals surface area contributed by atoms with Crippen molar-refractivity contribution < 1.29 is 14.3 Å². The molecular formula is C18H29N3O3. The lowest BCUT2D eigenvalue weighted by Gasteiger charge is -2.34. The number of carbonyl (C=O) groups excluding carboxylic acids is 1. The summed E-state index contributed by atoms with van der Waals surface area (Å²) in [5, 5.41) is 2.91. The highest BCUT2D eigenvalue weighted by atomic mass is 16.6. The van der Waals surface area contributed by atoms with Gasteiger partial charge in [-0.15, -0.1) is 0 Å². The van der Waals surface area contributed by atoms with Crippen LogP contribution in [-0.4, -0.2) is 48.4 Å². The largest absolute Gasteiger partial charge is 0.492 e. The number of para-hydroxylation sites is 1. The normalized spacial score (nSPS) is 17.9. The molecule has 134 valence electrons. The number of amides is 1. The molecule has 2 atom stereocenters. The van der Waals surface area contributed by atoms with E-state index in [1.165, 1.54) is 0 Å². The fourth-order valence-electron chi connectivity index (χ4n) is 2.89. The molecule has 6 heteroatoms. The Hall–Kier alpha value is -1.79. The molecule has 0 saturated heterocycles. The first kappa shape index (κ1) is 18.5. The Kier molecular flexibility index (Phi) is 6.07. The van der Waals surface area contributed by atoms with Crippen LogP contribution in [-0.2, 0) is 11.3 Å². The highest BCUT2D eigenvalue weighted by molar-refractivity contribution is 5.68. The first-order valence-corrected chi connectivity index (χ1v) is 8.44. The van der Waals surface area contributed by atoms with Crippen molar-refractivity contribution in [1.82, 2.24) is 10.2 Å². The standard InChI is InChI=1S/C18H29N3O3/c1-13(20-17(22)24-18(2,3)4)15(11-19)21-9-10-23-16-8-6-5-7-14(16)12-21/h5-8,13,15H,9-12,19H2,1-4H3,(H,20,22). The zero-order chi connectivity index (χ0) is 17.7. The average Bonchev–Trinajstić information content (AvgIpc) is 2.68. The van der Waals surface area contributed by atoms with Gasteiger partial charge in [0.05, 0.1) is 0 Å². The summed E-state index contributed by atoms with van der Waals surface area (Å²) in [5.74, 6) is 0.920. The van der Waals surface area contributed by atoms with E-state index in [1.807, 2.05) is 45.9 Å². The maximum atomic E-state index is 12.0. The number of carbonyl (C=O) groups is 1. The fraction of sp³-hybridized carbons (Fsp3) is 0.611. The van der Waals surface area contributed by atoms with Crippen LogP contribution in [0.4, 0.5) is 4.79 Å². The van der Waals surface area contributed by atoms with Gasteiger partial charge >= 0.3 is 6.09 Å². The van der Waals surface area contributed by atoms with Crippen molar-refractivity contribution >= 4 is 6.09 Å². The summed E-state index contributed by atoms with van der Waals surface area (Å²) in [7, 11) is 0. The van der Waals surface area contributed by atoms with Gasteiger partial charge < -0.3 is 20.5 Å². The molecule has 0 spiro atoms. The van der Waals surface area contributed by atoms with E-state index in [2.05, 4.69) is 16.3 Å². The summed E-state index contributed by atoms with van der Waals surface area (Å²) in [6.07, 6.45) is -0.417. The number of nitrogens with zero attached hydrogens (tertiary/aromatic N) is 1. The van der Waals surface area contributed by atoms with E-state index in [0.717, 1.165) is 24.4 Å². The van der Waals surface area contributed by atoms with E-state index < -0.39 is 11.7 Å². The minimum Gasteiger partial charge on any atom is -0.492 e. The number of nitrogens with one attached hydrogen (secondary N) is 1. The first-order valence-electron chi connectivity index (χ1n) is 8.44. The molecule has 24 heavy (non-hydrogen) atoms. The van der Waals surface area contributed by atoms with Crippen LogP contribution in [0.1, 0.15) is 33.3 Å². The first-order chi connectivity index (χ1) is 11.3. The Morgan fingerprint density at radius 3 is 2.79 bits per heavy atom. The maximum absolute atomic E-state index is 12.0. The smallest absolute Gasteiger partial charge is 0.407 e. The minimum absolute atomic E-state index is 0.00674. The third-order valence-corrected chi connectivity index (χ3v) is 4.01. The van der Waals surface area contributed by atoms with Crippen molar-refractivity contribution in [2.45, 2.75) is 51.9 Å². The van der Waals surface area contributed by atoms with Crippen LogP contribution in [0.3, 0.4) is 0 Å². The van der Waals surface area contributed by atoms with Crippen molar-refractivity contribution in [3.05, 3.63) is 29.8 Å². The molecule has 1 aliphatic heterocycles. The molecule has 0 aliphatic carbocycles. The molecule has 0 aromatic heterocycles. The summed E-state index contributed by atoms with van der Waals surface area (Å²) in [4.78, 5) is 14.3. The van der Waals surface area contributed by atoms with Gasteiger partial charge in [-0.2, -0.15) is 0 Å². The Balaban J connectivity index is 2.03. The fourth-order valence-corrected chi connectivity index (χ4v) is 2.89. The lowest BCUT2D eigenvalue weighted by Crippen LogP contribution is -2.54. The molecule has 1 aromatic rings. The Morgan fingerprint density at radius 1 is 1.42 bits per heavy atom. The Morgan fingerprint density at radius 2 is 2.12 bits per heavy atom. The average molecular weight is 335 g/mol. The molecule has 1 amide bonds. The topological polar surface area (TPSA) is 76.8 Å². The number of nitrogens with two attached hydrogens (primary N) is 1. The van der Waals surface area contributed by atoms with Gasteiger partial charge in [0.15, 0.2) is 0 Å². The van der Waals surface area contributed by atoms with Crippen LogP contribution >= 0.6 is 0 Å². The zero-order valence-electron chi connectivity index (χ0n) is 15.0. The van der Waals surface area contributed by atoms with Gasteiger partial charge in [-0.1, -0.05) is 18.2 Å². The molecule has 1 heterocycles. The molecule has 0 radical (unpaired) electrons. The highest BCUT2D eigenvalue weighted by Gasteiger charge is 2.28. The molecular weight excluding hydrogens is 306 g/mol. The lowest BCUT2D eigenvalue weighted by atomic mass is 10.1. The monoisotopic (exact) mass is 335 g/mol. The molecule has 0 bridgehead atoms. The lowest BCUT2D eigenvalue weighted by molar-refractivity contribution is 0.0465. The Labute approximate surface area is 144 Å². The van der Waals surface area contributed by atoms with E-state index in [-0.39, 0.29) is 12.1 Å². The van der Waals surface area contributed by atoms with E-state index in [0.29, 0.717) is 13.2 Å². The molecule has 1 aliphatic rings. The third-order valence-electron chi connectivity index (χ3n) is 4.01. The summed E-state index contributed by atoms with van der Waals surface area (Å²) in [5.41, 5.74) is 6.62. The van der Waals surface area contributed by atoms with Gasteiger partial charge in [0.1, 0.15) is 18.0 Å². The summed E-state index contributed by atoms with van der Waals surface area (Å²) >= 11 is 0. The Bertz CT molecular complexity index is 557. The van der Waals surface area contributed by atoms with Crippen molar-refractivity contribution in [3.63, 3.8) is 0 Å². The van der Waals surface area contributed by atoms with Crippen LogP contribution in [0, 0.1) is 0 Å². The number of fused-ring (bicyclic) bond motifs is 1. The second kappa shape index (κ2) is 7.85. The summed E-state index contributed by atoms with van der Waals surface area (Å²) < 4.78 is 11.1. The number of hydrogen-bond donors (Lipinski definition) is 2. The van der Waals surface area contributed by atoms with E-state index in [1.54, 1.807) is 0 Å². The van der Waals surface area contributed by atoms with Gasteiger partial charge in [-0.05, 0) is 33.8 Å². The van der Waals surface area contributed by atoms with Crippen LogP contribution in [0.15, 0.2) is 24.3 Å². The highest BCUT2D eigenvalue weighted by Crippen LogP contribution is 2.24. The number of rotatable bonds is 4. The van der Waals surface area contributed by atoms with Crippen LogP contribution < -0.4 is 15.8 Å². The second-order valence-electron chi connectivity index (χ2n) is 7.16. The maximum Gasteiger partial charge on any atom is 0.407 e. The van der Waals surface area contributed by atoms with Gasteiger partial charge in [-0.3, -0.25) is 4.90 Å². The SMILES string of the molecule is CC(NC(=O)OC(C)(C)C)C(CN)N1CCOc2ccccc2C1. The van der Waals surface area contributed by atoms with Crippen LogP contribution in [0.5, 0.6) is 5.75 Å². The predicted molar refractivity (Wildman–Crippen MR) is 94.0 cm³/mol. The summed E-state index contributed by atoms with van der Waals surface area (Å²) in [6.45, 7) is 10.1. The van der Waals surface area contributed by atoms with Crippen molar-refractivity contribution in [3.8, 4) is 5.75 Å². The molecule has 0 fully saturated rings. The molecule has 6 nitrogen and oxygen atoms in total. The van der Waals surface area contributed by atoms with E-state index >= 15 is 0 Å². The zero-order valence-corrected chi connectivity index (χ0v) is 15.0. The second-order valence-corrected chi connectivity index (χ2v) is 7.16. The summed E-state index contributed by atoms with van der Waals surface area (Å²) in [6, 6.07) is 7.90. The number of ether oxygens (including phenoxy) is 2. The predicted octanol–water partition coefficient (Wildman–Crippen LogP) is 2.12. The minimum atomic E-state index is -0.516. The van der Waals surface area contributed by atoms with Crippen molar-refractivity contribution in [2.75, 3.05) is 19.7 Å². The molecule has 0 saturated carbocycles. The number of alkyl carbamates (subject to hydrolysis) is 1. The van der Waals surface area contributed by atoms with Crippen LogP contribution in [0.25, 0.3) is 0 Å². The van der Waals surface area contributed by atoms with E-state index in [9.17, 15) is 4.79 Å². The number of benzene rings is 1. The molecule has 1 aromatic carbocycles. The van der Waals surface area contributed by atoms with Gasteiger partial charge in [0.2, 0.25) is 0 Å². The third kappa shape index (κ3) is 5.11. The molecule has 3 N–H and O–H groups in total.